The van der Waals surface area contributed by atoms with Crippen molar-refractivity contribution in [1.82, 2.24) is 20.6 Å². The fraction of sp³-hybridized carbons (Fsp3) is 0.440. The molecule has 1 saturated carbocycles. The molecule has 178 valence electrons. The SMILES string of the molecule is O=C(NC1CCCCC1)C(c1cccnc1)N(C(=O)[C@H]1C[C@@H](O)CN1)c1nc2ccccc2s1. The number of thiazole rings is 1. The predicted molar refractivity (Wildman–Crippen MR) is 132 cm³/mol. The van der Waals surface area contributed by atoms with Gasteiger partial charge in [0.25, 0.3) is 0 Å². The number of carbonyl (C=O) groups excluding carboxylic acids is 2. The maximum Gasteiger partial charge on any atom is 0.248 e. The van der Waals surface area contributed by atoms with Crippen molar-refractivity contribution in [3.8, 4) is 0 Å². The highest BCUT2D eigenvalue weighted by Gasteiger charge is 2.40. The Hall–Kier alpha value is -2.88. The summed E-state index contributed by atoms with van der Waals surface area (Å²) in [5.74, 6) is -0.505. The lowest BCUT2D eigenvalue weighted by Gasteiger charge is -2.33. The quantitative estimate of drug-likeness (QED) is 0.502. The number of carbonyl (C=O) groups is 2. The van der Waals surface area contributed by atoms with Crippen LogP contribution in [0.5, 0.6) is 0 Å². The smallest absolute Gasteiger partial charge is 0.248 e. The molecule has 0 bridgehead atoms. The summed E-state index contributed by atoms with van der Waals surface area (Å²) < 4.78 is 0.937. The minimum Gasteiger partial charge on any atom is -0.392 e. The van der Waals surface area contributed by atoms with Gasteiger partial charge in [-0.3, -0.25) is 19.5 Å². The molecule has 2 aliphatic rings. The first-order chi connectivity index (χ1) is 16.6. The lowest BCUT2D eigenvalue weighted by Crippen LogP contribution is -2.51. The van der Waals surface area contributed by atoms with Crippen molar-refractivity contribution >= 4 is 38.5 Å². The van der Waals surface area contributed by atoms with E-state index in [0.29, 0.717) is 23.7 Å². The van der Waals surface area contributed by atoms with E-state index in [-0.39, 0.29) is 17.9 Å². The Labute approximate surface area is 202 Å². The first-order valence-electron chi connectivity index (χ1n) is 11.9. The molecule has 2 aromatic heterocycles. The molecule has 5 rings (SSSR count). The lowest BCUT2D eigenvalue weighted by molar-refractivity contribution is -0.128. The number of hydrogen-bond acceptors (Lipinski definition) is 7. The van der Waals surface area contributed by atoms with Crippen molar-refractivity contribution in [2.45, 2.75) is 62.8 Å². The number of β-amino-alcohol motifs (C(OH)–C–C–N with tert-alkyl or cyclic N) is 1. The average molecular weight is 480 g/mol. The molecule has 0 radical (unpaired) electrons. The number of fused-ring (bicyclic) bond motifs is 1. The topological polar surface area (TPSA) is 107 Å². The zero-order valence-electron chi connectivity index (χ0n) is 18.9. The highest BCUT2D eigenvalue weighted by molar-refractivity contribution is 7.22. The number of nitrogens with zero attached hydrogens (tertiary/aromatic N) is 3. The van der Waals surface area contributed by atoms with Crippen LogP contribution in [0, 0.1) is 0 Å². The van der Waals surface area contributed by atoms with E-state index in [0.717, 1.165) is 35.9 Å². The van der Waals surface area contributed by atoms with E-state index in [4.69, 9.17) is 4.98 Å². The van der Waals surface area contributed by atoms with E-state index in [1.165, 1.54) is 22.7 Å². The predicted octanol–water partition coefficient (Wildman–Crippen LogP) is 2.94. The Bertz CT molecular complexity index is 1110. The number of aliphatic hydroxyl groups is 1. The fourth-order valence-electron chi connectivity index (χ4n) is 4.85. The molecule has 9 heteroatoms. The van der Waals surface area contributed by atoms with Crippen LogP contribution < -0.4 is 15.5 Å². The van der Waals surface area contributed by atoms with Gasteiger partial charge < -0.3 is 15.7 Å². The lowest BCUT2D eigenvalue weighted by atomic mass is 9.95. The van der Waals surface area contributed by atoms with Crippen LogP contribution in [0.2, 0.25) is 0 Å². The van der Waals surface area contributed by atoms with Crippen molar-refractivity contribution in [1.29, 1.82) is 0 Å². The Kier molecular flexibility index (Phi) is 6.85. The minimum atomic E-state index is -0.914. The summed E-state index contributed by atoms with van der Waals surface area (Å²) in [5.41, 5.74) is 1.40. The Balaban J connectivity index is 1.56. The highest BCUT2D eigenvalue weighted by atomic mass is 32.1. The second kappa shape index (κ2) is 10.2. The van der Waals surface area contributed by atoms with E-state index in [9.17, 15) is 14.7 Å². The van der Waals surface area contributed by atoms with Gasteiger partial charge in [-0.1, -0.05) is 48.8 Å². The van der Waals surface area contributed by atoms with Gasteiger partial charge in [-0.2, -0.15) is 0 Å². The molecule has 2 fully saturated rings. The maximum absolute atomic E-state index is 13.9. The van der Waals surface area contributed by atoms with E-state index < -0.39 is 18.2 Å². The van der Waals surface area contributed by atoms with Gasteiger partial charge in [0.15, 0.2) is 5.13 Å². The fourth-order valence-corrected chi connectivity index (χ4v) is 5.85. The van der Waals surface area contributed by atoms with Crippen LogP contribution in [0.4, 0.5) is 5.13 Å². The van der Waals surface area contributed by atoms with Crippen molar-refractivity contribution < 1.29 is 14.7 Å². The summed E-state index contributed by atoms with van der Waals surface area (Å²) in [7, 11) is 0. The van der Waals surface area contributed by atoms with Crippen molar-refractivity contribution in [3.05, 3.63) is 54.4 Å². The zero-order valence-corrected chi connectivity index (χ0v) is 19.7. The molecule has 3 aromatic rings. The van der Waals surface area contributed by atoms with Gasteiger partial charge in [-0.05, 0) is 37.5 Å². The number of hydrogen-bond donors (Lipinski definition) is 3. The van der Waals surface area contributed by atoms with Crippen LogP contribution in [0.15, 0.2) is 48.8 Å². The highest BCUT2D eigenvalue weighted by Crippen LogP contribution is 2.35. The number of amides is 2. The van der Waals surface area contributed by atoms with Crippen LogP contribution in [0.25, 0.3) is 10.2 Å². The molecule has 3 heterocycles. The van der Waals surface area contributed by atoms with Crippen molar-refractivity contribution in [3.63, 3.8) is 0 Å². The Morgan fingerprint density at radius 2 is 1.97 bits per heavy atom. The molecule has 8 nitrogen and oxygen atoms in total. The molecule has 1 aliphatic carbocycles. The van der Waals surface area contributed by atoms with Crippen LogP contribution >= 0.6 is 11.3 Å². The molecule has 1 aromatic carbocycles. The zero-order chi connectivity index (χ0) is 23.5. The van der Waals surface area contributed by atoms with E-state index >= 15 is 0 Å². The number of para-hydroxylation sites is 1. The maximum atomic E-state index is 13.9. The summed E-state index contributed by atoms with van der Waals surface area (Å²) in [6.07, 6.45) is 8.23. The third kappa shape index (κ3) is 4.82. The van der Waals surface area contributed by atoms with Crippen molar-refractivity contribution in [2.75, 3.05) is 11.4 Å². The number of anilines is 1. The standard InChI is InChI=1S/C25H29N5O3S/c31-18-13-20(27-15-18)24(33)30(25-29-19-10-4-5-11-21(19)34-25)22(16-7-6-12-26-14-16)23(32)28-17-8-2-1-3-9-17/h4-7,10-12,14,17-18,20,22,27,31H,1-3,8-9,13,15H2,(H,28,32)/t18-,20-,22?/m1/s1. The number of aliphatic hydroxyl groups excluding tert-OH is 1. The van der Waals surface area contributed by atoms with Gasteiger partial charge >= 0.3 is 0 Å². The summed E-state index contributed by atoms with van der Waals surface area (Å²) >= 11 is 1.38. The minimum absolute atomic E-state index is 0.0965. The van der Waals surface area contributed by atoms with E-state index in [1.807, 2.05) is 30.3 Å². The molecule has 3 N–H and O–H groups in total. The molecule has 34 heavy (non-hydrogen) atoms. The molecule has 2 amide bonds. The number of pyridine rings is 1. The molecule has 3 atom stereocenters. The molecule has 1 aliphatic heterocycles. The summed E-state index contributed by atoms with van der Waals surface area (Å²) in [4.78, 5) is 38.2. The first kappa shape index (κ1) is 22.9. The summed E-state index contributed by atoms with van der Waals surface area (Å²) in [6, 6.07) is 9.87. The van der Waals surface area contributed by atoms with Gasteiger partial charge in [0, 0.05) is 30.5 Å². The number of nitrogens with one attached hydrogen (secondary N) is 2. The third-order valence-electron chi connectivity index (χ3n) is 6.59. The molecule has 1 saturated heterocycles. The summed E-state index contributed by atoms with van der Waals surface area (Å²) in [6.45, 7) is 0.343. The third-order valence-corrected chi connectivity index (χ3v) is 7.63. The van der Waals surface area contributed by atoms with Gasteiger partial charge in [-0.15, -0.1) is 0 Å². The largest absolute Gasteiger partial charge is 0.392 e. The molecular weight excluding hydrogens is 450 g/mol. The van der Waals surface area contributed by atoms with Gasteiger partial charge in [-0.25, -0.2) is 4.98 Å². The monoisotopic (exact) mass is 479 g/mol. The van der Waals surface area contributed by atoms with Crippen LogP contribution in [-0.2, 0) is 9.59 Å². The average Bonchev–Trinajstić information content (AvgIpc) is 3.49. The molecule has 1 unspecified atom stereocenters. The molecular formula is C25H29N5O3S. The Morgan fingerprint density at radius 1 is 1.15 bits per heavy atom. The van der Waals surface area contributed by atoms with Gasteiger partial charge in [0.2, 0.25) is 11.8 Å². The van der Waals surface area contributed by atoms with Crippen LogP contribution in [0.1, 0.15) is 50.1 Å². The molecule has 0 spiro atoms. The first-order valence-corrected chi connectivity index (χ1v) is 12.7. The second-order valence-corrected chi connectivity index (χ2v) is 10.1. The normalized spacial score (nSPS) is 21.9. The van der Waals surface area contributed by atoms with Crippen LogP contribution in [-0.4, -0.2) is 51.6 Å². The van der Waals surface area contributed by atoms with E-state index in [1.54, 1.807) is 18.5 Å². The van der Waals surface area contributed by atoms with Crippen molar-refractivity contribution in [2.24, 2.45) is 0 Å². The van der Waals surface area contributed by atoms with Gasteiger partial charge in [0.1, 0.15) is 6.04 Å². The van der Waals surface area contributed by atoms with Crippen LogP contribution in [0.3, 0.4) is 0 Å². The summed E-state index contributed by atoms with van der Waals surface area (Å²) in [5, 5.41) is 16.8. The van der Waals surface area contributed by atoms with Gasteiger partial charge in [0.05, 0.1) is 22.4 Å². The number of rotatable bonds is 6. The van der Waals surface area contributed by atoms with E-state index in [2.05, 4.69) is 15.6 Å². The Morgan fingerprint density at radius 3 is 2.68 bits per heavy atom. The second-order valence-electron chi connectivity index (χ2n) is 9.06. The number of aromatic nitrogens is 2. The number of benzene rings is 1.